The molecule has 0 bridgehead atoms. The standard InChI is InChI=1S/C17H16F2N2O/c18-13-6-11(7-14(19)8-13)9-20-17-5-4-15-12(10-22)2-1-3-16(15)21-17/h4-8,10,12H,1-3,9H2,(H,20,21). The third kappa shape index (κ3) is 3.13. The molecule has 114 valence electrons. The number of carbonyl (C=O) groups excluding carboxylic acids is 1. The third-order valence-electron chi connectivity index (χ3n) is 3.90. The van der Waals surface area contributed by atoms with E-state index in [1.54, 1.807) is 6.07 Å². The van der Waals surface area contributed by atoms with Crippen molar-refractivity contribution in [1.82, 2.24) is 4.98 Å². The van der Waals surface area contributed by atoms with Gasteiger partial charge in [0, 0.05) is 24.2 Å². The molecule has 3 rings (SSSR count). The summed E-state index contributed by atoms with van der Waals surface area (Å²) in [6.45, 7) is 0.289. The number of hydrogen-bond donors (Lipinski definition) is 1. The molecule has 1 aliphatic carbocycles. The van der Waals surface area contributed by atoms with Gasteiger partial charge in [-0.2, -0.15) is 0 Å². The summed E-state index contributed by atoms with van der Waals surface area (Å²) in [5.41, 5.74) is 2.44. The van der Waals surface area contributed by atoms with Crippen LogP contribution < -0.4 is 5.32 Å². The minimum Gasteiger partial charge on any atom is -0.366 e. The Kier molecular flexibility index (Phi) is 4.13. The summed E-state index contributed by atoms with van der Waals surface area (Å²) in [7, 11) is 0. The normalized spacial score (nSPS) is 16.9. The second-order valence-electron chi connectivity index (χ2n) is 5.50. The maximum atomic E-state index is 13.1. The molecule has 1 aliphatic rings. The minimum absolute atomic E-state index is 0.0670. The van der Waals surface area contributed by atoms with Crippen LogP contribution in [0.25, 0.3) is 0 Å². The Hall–Kier alpha value is -2.30. The first kappa shape index (κ1) is 14.6. The molecule has 1 atom stereocenters. The number of nitrogens with one attached hydrogen (secondary N) is 1. The van der Waals surface area contributed by atoms with Crippen LogP contribution in [-0.4, -0.2) is 11.3 Å². The lowest BCUT2D eigenvalue weighted by Gasteiger charge is -2.21. The van der Waals surface area contributed by atoms with E-state index in [1.807, 2.05) is 6.07 Å². The van der Waals surface area contributed by atoms with Crippen LogP contribution in [0.1, 0.15) is 35.6 Å². The number of aromatic nitrogens is 1. The lowest BCUT2D eigenvalue weighted by atomic mass is 9.87. The van der Waals surface area contributed by atoms with Gasteiger partial charge in [-0.05, 0) is 48.6 Å². The Morgan fingerprint density at radius 3 is 2.73 bits per heavy atom. The topological polar surface area (TPSA) is 42.0 Å². The summed E-state index contributed by atoms with van der Waals surface area (Å²) in [4.78, 5) is 15.6. The van der Waals surface area contributed by atoms with Crippen LogP contribution in [0.4, 0.5) is 14.6 Å². The maximum Gasteiger partial charge on any atom is 0.127 e. The van der Waals surface area contributed by atoms with Gasteiger partial charge in [-0.15, -0.1) is 0 Å². The fourth-order valence-electron chi connectivity index (χ4n) is 2.84. The Morgan fingerprint density at radius 2 is 2.00 bits per heavy atom. The van der Waals surface area contributed by atoms with Crippen molar-refractivity contribution >= 4 is 12.1 Å². The van der Waals surface area contributed by atoms with Crippen molar-refractivity contribution in [2.75, 3.05) is 5.32 Å². The Labute approximate surface area is 127 Å². The second-order valence-corrected chi connectivity index (χ2v) is 5.50. The van der Waals surface area contributed by atoms with Gasteiger partial charge in [0.05, 0.1) is 0 Å². The summed E-state index contributed by atoms with van der Waals surface area (Å²) in [6.07, 6.45) is 3.64. The number of pyridine rings is 1. The molecule has 0 radical (unpaired) electrons. The van der Waals surface area contributed by atoms with E-state index in [2.05, 4.69) is 10.3 Å². The number of hydrogen-bond acceptors (Lipinski definition) is 3. The number of aryl methyl sites for hydroxylation is 1. The molecule has 1 aromatic heterocycles. The van der Waals surface area contributed by atoms with E-state index in [9.17, 15) is 13.6 Å². The van der Waals surface area contributed by atoms with Gasteiger partial charge in [-0.1, -0.05) is 6.07 Å². The number of carbonyl (C=O) groups is 1. The van der Waals surface area contributed by atoms with Crippen molar-refractivity contribution in [1.29, 1.82) is 0 Å². The van der Waals surface area contributed by atoms with Gasteiger partial charge in [-0.25, -0.2) is 13.8 Å². The van der Waals surface area contributed by atoms with Gasteiger partial charge < -0.3 is 10.1 Å². The highest BCUT2D eigenvalue weighted by atomic mass is 19.1. The predicted molar refractivity (Wildman–Crippen MR) is 79.7 cm³/mol. The summed E-state index contributed by atoms with van der Waals surface area (Å²) in [5.74, 6) is -0.606. The van der Waals surface area contributed by atoms with E-state index in [4.69, 9.17) is 0 Å². The molecule has 0 amide bonds. The van der Waals surface area contributed by atoms with Gasteiger partial charge in [0.1, 0.15) is 23.7 Å². The number of halogens is 2. The van der Waals surface area contributed by atoms with E-state index in [0.29, 0.717) is 11.4 Å². The van der Waals surface area contributed by atoms with Crippen LogP contribution in [0.3, 0.4) is 0 Å². The zero-order chi connectivity index (χ0) is 15.5. The van der Waals surface area contributed by atoms with Crippen molar-refractivity contribution in [2.24, 2.45) is 0 Å². The van der Waals surface area contributed by atoms with Gasteiger partial charge in [-0.3, -0.25) is 0 Å². The molecule has 0 fully saturated rings. The third-order valence-corrected chi connectivity index (χ3v) is 3.90. The summed E-state index contributed by atoms with van der Waals surface area (Å²) < 4.78 is 26.3. The first-order valence-corrected chi connectivity index (χ1v) is 7.29. The molecular formula is C17H16F2N2O. The van der Waals surface area contributed by atoms with Crippen LogP contribution in [0.2, 0.25) is 0 Å². The number of rotatable bonds is 4. The first-order chi connectivity index (χ1) is 10.7. The Balaban J connectivity index is 1.75. The molecule has 1 N–H and O–H groups in total. The molecule has 0 spiro atoms. The smallest absolute Gasteiger partial charge is 0.127 e. The van der Waals surface area contributed by atoms with E-state index < -0.39 is 11.6 Å². The average Bonchev–Trinajstić information content (AvgIpc) is 2.51. The molecule has 1 aromatic carbocycles. The van der Waals surface area contributed by atoms with Crippen molar-refractivity contribution in [2.45, 2.75) is 31.7 Å². The first-order valence-electron chi connectivity index (χ1n) is 7.29. The van der Waals surface area contributed by atoms with E-state index >= 15 is 0 Å². The summed E-state index contributed by atoms with van der Waals surface area (Å²) in [6, 6.07) is 7.14. The number of fused-ring (bicyclic) bond motifs is 1. The molecular weight excluding hydrogens is 286 g/mol. The molecule has 0 saturated carbocycles. The highest BCUT2D eigenvalue weighted by Crippen LogP contribution is 2.29. The van der Waals surface area contributed by atoms with Gasteiger partial charge in [0.15, 0.2) is 0 Å². The monoisotopic (exact) mass is 302 g/mol. The number of anilines is 1. The van der Waals surface area contributed by atoms with Crippen LogP contribution in [0.5, 0.6) is 0 Å². The van der Waals surface area contributed by atoms with Crippen molar-refractivity contribution < 1.29 is 13.6 Å². The van der Waals surface area contributed by atoms with Gasteiger partial charge in [0.25, 0.3) is 0 Å². The summed E-state index contributed by atoms with van der Waals surface area (Å²) >= 11 is 0. The molecule has 1 unspecified atom stereocenters. The highest BCUT2D eigenvalue weighted by molar-refractivity contribution is 5.64. The van der Waals surface area contributed by atoms with Crippen LogP contribution in [-0.2, 0) is 17.8 Å². The fraction of sp³-hybridized carbons (Fsp3) is 0.294. The summed E-state index contributed by atoms with van der Waals surface area (Å²) in [5, 5.41) is 3.07. The van der Waals surface area contributed by atoms with E-state index in [-0.39, 0.29) is 12.5 Å². The molecule has 1 heterocycles. The SMILES string of the molecule is O=CC1CCCc2nc(NCc3cc(F)cc(F)c3)ccc21. The molecule has 0 aliphatic heterocycles. The van der Waals surface area contributed by atoms with E-state index in [0.717, 1.165) is 42.9 Å². The number of aldehydes is 1. The minimum atomic E-state index is -0.593. The molecule has 0 saturated heterocycles. The lowest BCUT2D eigenvalue weighted by Crippen LogP contribution is -2.13. The quantitative estimate of drug-likeness (QED) is 0.878. The fourth-order valence-corrected chi connectivity index (χ4v) is 2.84. The molecule has 2 aromatic rings. The molecule has 22 heavy (non-hydrogen) atoms. The zero-order valence-corrected chi connectivity index (χ0v) is 12.0. The van der Waals surface area contributed by atoms with Crippen LogP contribution >= 0.6 is 0 Å². The molecule has 3 nitrogen and oxygen atoms in total. The average molecular weight is 302 g/mol. The van der Waals surface area contributed by atoms with Crippen LogP contribution in [0, 0.1) is 11.6 Å². The van der Waals surface area contributed by atoms with E-state index in [1.165, 1.54) is 12.1 Å². The largest absolute Gasteiger partial charge is 0.366 e. The molecule has 5 heteroatoms. The van der Waals surface area contributed by atoms with Crippen molar-refractivity contribution in [3.05, 3.63) is 58.8 Å². The van der Waals surface area contributed by atoms with Crippen molar-refractivity contribution in [3.63, 3.8) is 0 Å². The number of nitrogens with zero attached hydrogens (tertiary/aromatic N) is 1. The maximum absolute atomic E-state index is 13.1. The Bertz CT molecular complexity index is 683. The zero-order valence-electron chi connectivity index (χ0n) is 12.0. The van der Waals surface area contributed by atoms with Gasteiger partial charge >= 0.3 is 0 Å². The van der Waals surface area contributed by atoms with Crippen molar-refractivity contribution in [3.8, 4) is 0 Å². The predicted octanol–water partition coefficient (Wildman–Crippen LogP) is 3.59. The van der Waals surface area contributed by atoms with Gasteiger partial charge in [0.2, 0.25) is 0 Å². The van der Waals surface area contributed by atoms with Crippen LogP contribution in [0.15, 0.2) is 30.3 Å². The highest BCUT2D eigenvalue weighted by Gasteiger charge is 2.20. The lowest BCUT2D eigenvalue weighted by molar-refractivity contribution is -0.109. The number of benzene rings is 1. The Morgan fingerprint density at radius 1 is 1.23 bits per heavy atom. The second kappa shape index (κ2) is 6.22.